The van der Waals surface area contributed by atoms with E-state index in [2.05, 4.69) is 4.90 Å². The molecule has 0 fully saturated rings. The normalized spacial score (nSPS) is 14.2. The highest BCUT2D eigenvalue weighted by Gasteiger charge is 2.30. The summed E-state index contributed by atoms with van der Waals surface area (Å²) in [5, 5.41) is 0. The Morgan fingerprint density at radius 2 is 1.40 bits per heavy atom. The second-order valence-electron chi connectivity index (χ2n) is 6.51. The summed E-state index contributed by atoms with van der Waals surface area (Å²) in [5.74, 6) is -0.172. The van der Waals surface area contributed by atoms with Crippen LogP contribution in [0.25, 0.3) is 0 Å². The van der Waals surface area contributed by atoms with Crippen LogP contribution in [0.1, 0.15) is 27.1 Å². The molecule has 5 nitrogen and oxygen atoms in total. The fraction of sp³-hybridized carbons (Fsp3) is 0.300. The number of benzene rings is 2. The van der Waals surface area contributed by atoms with E-state index in [0.717, 1.165) is 13.0 Å². The molecule has 0 unspecified atom stereocenters. The van der Waals surface area contributed by atoms with Gasteiger partial charge in [0.2, 0.25) is 0 Å². The van der Waals surface area contributed by atoms with Gasteiger partial charge in [-0.1, -0.05) is 24.3 Å². The molecule has 0 atom stereocenters. The van der Waals surface area contributed by atoms with Crippen molar-refractivity contribution < 1.29 is 9.59 Å². The van der Waals surface area contributed by atoms with E-state index in [-0.39, 0.29) is 11.8 Å². The third-order valence-electron chi connectivity index (χ3n) is 4.46. The summed E-state index contributed by atoms with van der Waals surface area (Å²) in [6.45, 7) is 1.45. The zero-order valence-corrected chi connectivity index (χ0v) is 14.9. The van der Waals surface area contributed by atoms with Gasteiger partial charge in [0.05, 0.1) is 22.5 Å². The number of nitrogens with zero attached hydrogens (tertiary/aromatic N) is 3. The standard InChI is InChI=1S/C20H23N3O2/c1-21(2)13-8-14-23-18-12-7-5-10-16(18)19(24)22(3)17-11-6-4-9-15(17)20(23)25/h4-7,9-12H,8,13-14H2,1-3H3. The Kier molecular flexibility index (Phi) is 4.86. The molecule has 1 aliphatic rings. The monoisotopic (exact) mass is 337 g/mol. The van der Waals surface area contributed by atoms with Crippen LogP contribution in [0.4, 0.5) is 11.4 Å². The van der Waals surface area contributed by atoms with Gasteiger partial charge < -0.3 is 14.7 Å². The van der Waals surface area contributed by atoms with Gasteiger partial charge in [0, 0.05) is 13.6 Å². The SMILES string of the molecule is CN(C)CCCN1C(=O)c2ccccc2N(C)C(=O)c2ccccc21. The van der Waals surface area contributed by atoms with Crippen molar-refractivity contribution in [3.63, 3.8) is 0 Å². The minimum atomic E-state index is -0.104. The predicted molar refractivity (Wildman–Crippen MR) is 100 cm³/mol. The fourth-order valence-electron chi connectivity index (χ4n) is 3.15. The van der Waals surface area contributed by atoms with Gasteiger partial charge in [0.25, 0.3) is 11.8 Å². The molecule has 0 saturated carbocycles. The van der Waals surface area contributed by atoms with Gasteiger partial charge in [0.1, 0.15) is 0 Å². The van der Waals surface area contributed by atoms with E-state index in [4.69, 9.17) is 0 Å². The highest BCUT2D eigenvalue weighted by molar-refractivity contribution is 6.19. The Hall–Kier alpha value is -2.66. The molecule has 0 spiro atoms. The smallest absolute Gasteiger partial charge is 0.260 e. The van der Waals surface area contributed by atoms with Crippen LogP contribution in [0.15, 0.2) is 48.5 Å². The Morgan fingerprint density at radius 3 is 2.04 bits per heavy atom. The van der Waals surface area contributed by atoms with E-state index in [1.807, 2.05) is 50.5 Å². The van der Waals surface area contributed by atoms with Crippen molar-refractivity contribution in [1.82, 2.24) is 4.90 Å². The number of anilines is 2. The van der Waals surface area contributed by atoms with Crippen molar-refractivity contribution in [2.75, 3.05) is 44.0 Å². The van der Waals surface area contributed by atoms with E-state index >= 15 is 0 Å². The zero-order chi connectivity index (χ0) is 18.0. The summed E-state index contributed by atoms with van der Waals surface area (Å²) in [6.07, 6.45) is 0.833. The number of rotatable bonds is 4. The topological polar surface area (TPSA) is 43.9 Å². The first-order valence-electron chi connectivity index (χ1n) is 8.43. The lowest BCUT2D eigenvalue weighted by molar-refractivity contribution is 0.0976. The third-order valence-corrected chi connectivity index (χ3v) is 4.46. The molecule has 0 radical (unpaired) electrons. The van der Waals surface area contributed by atoms with Gasteiger partial charge in [-0.15, -0.1) is 0 Å². The van der Waals surface area contributed by atoms with Crippen molar-refractivity contribution in [2.24, 2.45) is 0 Å². The predicted octanol–water partition coefficient (Wildman–Crippen LogP) is 2.88. The third kappa shape index (κ3) is 3.28. The fourth-order valence-corrected chi connectivity index (χ4v) is 3.15. The van der Waals surface area contributed by atoms with E-state index < -0.39 is 0 Å². The lowest BCUT2D eigenvalue weighted by atomic mass is 10.0. The molecule has 130 valence electrons. The average Bonchev–Trinajstić information content (AvgIpc) is 2.63. The second-order valence-corrected chi connectivity index (χ2v) is 6.51. The van der Waals surface area contributed by atoms with E-state index in [1.165, 1.54) is 0 Å². The highest BCUT2D eigenvalue weighted by Crippen LogP contribution is 2.31. The number of amides is 2. The molecule has 3 rings (SSSR count). The quantitative estimate of drug-likeness (QED) is 0.862. The lowest BCUT2D eigenvalue weighted by Gasteiger charge is -2.31. The minimum absolute atomic E-state index is 0.0684. The van der Waals surface area contributed by atoms with Gasteiger partial charge in [-0.3, -0.25) is 9.59 Å². The van der Waals surface area contributed by atoms with Crippen molar-refractivity contribution >= 4 is 23.2 Å². The van der Waals surface area contributed by atoms with Crippen molar-refractivity contribution in [3.05, 3.63) is 59.7 Å². The molecule has 0 saturated heterocycles. The van der Waals surface area contributed by atoms with Crippen LogP contribution in [0, 0.1) is 0 Å². The molecule has 5 heteroatoms. The highest BCUT2D eigenvalue weighted by atomic mass is 16.2. The number of fused-ring (bicyclic) bond motifs is 2. The largest absolute Gasteiger partial charge is 0.311 e. The molecule has 2 amide bonds. The van der Waals surface area contributed by atoms with Crippen molar-refractivity contribution in [1.29, 1.82) is 0 Å². The summed E-state index contributed by atoms with van der Waals surface area (Å²) in [7, 11) is 5.74. The van der Waals surface area contributed by atoms with Gasteiger partial charge >= 0.3 is 0 Å². The van der Waals surface area contributed by atoms with Gasteiger partial charge in [0.15, 0.2) is 0 Å². The molecule has 0 bridgehead atoms. The molecule has 0 aliphatic carbocycles. The van der Waals surface area contributed by atoms with Gasteiger partial charge in [-0.2, -0.15) is 0 Å². The van der Waals surface area contributed by atoms with Gasteiger partial charge in [-0.05, 0) is 51.3 Å². The first-order chi connectivity index (χ1) is 12.0. The van der Waals surface area contributed by atoms with Crippen LogP contribution in [-0.4, -0.2) is 50.9 Å². The molecule has 2 aromatic rings. The Labute approximate surface area is 148 Å². The van der Waals surface area contributed by atoms with Crippen LogP contribution in [0.3, 0.4) is 0 Å². The summed E-state index contributed by atoms with van der Waals surface area (Å²) in [5.41, 5.74) is 2.43. The number of para-hydroxylation sites is 2. The minimum Gasteiger partial charge on any atom is -0.311 e. The maximum absolute atomic E-state index is 13.3. The lowest BCUT2D eigenvalue weighted by Crippen LogP contribution is -2.39. The molecule has 1 heterocycles. The van der Waals surface area contributed by atoms with Crippen LogP contribution in [-0.2, 0) is 0 Å². The molecule has 25 heavy (non-hydrogen) atoms. The maximum atomic E-state index is 13.3. The number of hydrogen-bond acceptors (Lipinski definition) is 3. The Balaban J connectivity index is 2.09. The van der Waals surface area contributed by atoms with E-state index in [9.17, 15) is 9.59 Å². The van der Waals surface area contributed by atoms with Crippen LogP contribution in [0.5, 0.6) is 0 Å². The summed E-state index contributed by atoms with van der Waals surface area (Å²) < 4.78 is 0. The number of hydrogen-bond donors (Lipinski definition) is 0. The van der Waals surface area contributed by atoms with Crippen LogP contribution in [0.2, 0.25) is 0 Å². The first kappa shape index (κ1) is 17.2. The Bertz CT molecular complexity index is 801. The van der Waals surface area contributed by atoms with E-state index in [0.29, 0.717) is 29.0 Å². The van der Waals surface area contributed by atoms with Gasteiger partial charge in [-0.25, -0.2) is 0 Å². The van der Waals surface area contributed by atoms with Crippen LogP contribution < -0.4 is 9.80 Å². The summed E-state index contributed by atoms with van der Waals surface area (Å²) in [4.78, 5) is 31.6. The summed E-state index contributed by atoms with van der Waals surface area (Å²) in [6, 6.07) is 14.6. The molecular weight excluding hydrogens is 314 g/mol. The first-order valence-corrected chi connectivity index (χ1v) is 8.43. The second kappa shape index (κ2) is 7.07. The van der Waals surface area contributed by atoms with Crippen molar-refractivity contribution in [3.8, 4) is 0 Å². The molecule has 1 aliphatic heterocycles. The van der Waals surface area contributed by atoms with Crippen molar-refractivity contribution in [2.45, 2.75) is 6.42 Å². The average molecular weight is 337 g/mol. The molecular formula is C20H23N3O2. The number of carbonyl (C=O) groups is 2. The van der Waals surface area contributed by atoms with E-state index in [1.54, 1.807) is 29.0 Å². The summed E-state index contributed by atoms with van der Waals surface area (Å²) >= 11 is 0. The maximum Gasteiger partial charge on any atom is 0.260 e. The Morgan fingerprint density at radius 1 is 0.840 bits per heavy atom. The van der Waals surface area contributed by atoms with Crippen LogP contribution >= 0.6 is 0 Å². The molecule has 0 aromatic heterocycles. The molecule has 2 aromatic carbocycles. The molecule has 0 N–H and O–H groups in total. The number of carbonyl (C=O) groups excluding carboxylic acids is 2. The zero-order valence-electron chi connectivity index (χ0n) is 14.9.